The van der Waals surface area contributed by atoms with E-state index in [4.69, 9.17) is 16.6 Å². The number of fused-ring (bicyclic) bond motifs is 1. The first-order chi connectivity index (χ1) is 7.59. The molecule has 0 radical (unpaired) electrons. The maximum atomic E-state index is 5.97. The summed E-state index contributed by atoms with van der Waals surface area (Å²) < 4.78 is 0. The molecule has 3 aliphatic rings. The zero-order valence-corrected chi connectivity index (χ0v) is 9.93. The van der Waals surface area contributed by atoms with Crippen molar-refractivity contribution in [1.29, 1.82) is 0 Å². The van der Waals surface area contributed by atoms with Crippen LogP contribution in [0.15, 0.2) is 18.2 Å². The van der Waals surface area contributed by atoms with Crippen LogP contribution < -0.4 is 0 Å². The van der Waals surface area contributed by atoms with Gasteiger partial charge in [0.1, 0.15) is 5.82 Å². The summed E-state index contributed by atoms with van der Waals surface area (Å²) in [6, 6.07) is 5.85. The fourth-order valence-electron chi connectivity index (χ4n) is 3.78. The summed E-state index contributed by atoms with van der Waals surface area (Å²) in [5.74, 6) is 1.17. The molecule has 0 spiro atoms. The number of hydrogen-bond acceptors (Lipinski definition) is 1. The van der Waals surface area contributed by atoms with Crippen molar-refractivity contribution in [3.8, 4) is 0 Å². The summed E-state index contributed by atoms with van der Waals surface area (Å²) in [7, 11) is 0. The van der Waals surface area contributed by atoms with Gasteiger partial charge in [-0.25, -0.2) is 4.98 Å². The molecule has 0 saturated heterocycles. The molecule has 1 aromatic carbocycles. The molecule has 1 aromatic heterocycles. The van der Waals surface area contributed by atoms with Crippen molar-refractivity contribution in [2.45, 2.75) is 31.6 Å². The number of benzene rings is 1. The van der Waals surface area contributed by atoms with E-state index in [1.54, 1.807) is 0 Å². The highest BCUT2D eigenvalue weighted by Gasteiger charge is 2.67. The number of nitrogens with one attached hydrogen (secondary N) is 1. The van der Waals surface area contributed by atoms with Crippen molar-refractivity contribution in [3.05, 3.63) is 29.0 Å². The molecule has 0 atom stereocenters. The molecule has 2 aromatic rings. The molecule has 0 unspecified atom stereocenters. The predicted molar refractivity (Wildman–Crippen MR) is 64.7 cm³/mol. The smallest absolute Gasteiger partial charge is 0.113 e. The van der Waals surface area contributed by atoms with Gasteiger partial charge in [-0.1, -0.05) is 18.5 Å². The maximum Gasteiger partial charge on any atom is 0.113 e. The molecule has 82 valence electrons. The fraction of sp³-hybridized carbons (Fsp3) is 0.462. The minimum absolute atomic E-state index is 0.375. The van der Waals surface area contributed by atoms with Gasteiger partial charge in [0.15, 0.2) is 0 Å². The topological polar surface area (TPSA) is 28.7 Å². The van der Waals surface area contributed by atoms with E-state index >= 15 is 0 Å². The Morgan fingerprint density at radius 1 is 1.31 bits per heavy atom. The molecule has 0 aliphatic heterocycles. The number of halogens is 1. The van der Waals surface area contributed by atoms with Gasteiger partial charge in [0.25, 0.3) is 0 Å². The van der Waals surface area contributed by atoms with E-state index in [0.29, 0.717) is 10.8 Å². The Balaban J connectivity index is 1.82. The van der Waals surface area contributed by atoms with E-state index < -0.39 is 0 Å². The molecule has 3 fully saturated rings. The summed E-state index contributed by atoms with van der Waals surface area (Å²) in [4.78, 5) is 8.14. The average molecular weight is 233 g/mol. The van der Waals surface area contributed by atoms with Gasteiger partial charge < -0.3 is 4.98 Å². The van der Waals surface area contributed by atoms with Gasteiger partial charge in [0.05, 0.1) is 11.0 Å². The number of aromatic amines is 1. The molecule has 3 aliphatic carbocycles. The van der Waals surface area contributed by atoms with Crippen LogP contribution in [0.4, 0.5) is 0 Å². The molecule has 2 bridgehead atoms. The Bertz CT molecular complexity index is 579. The first-order valence-corrected chi connectivity index (χ1v) is 6.12. The highest BCUT2D eigenvalue weighted by molar-refractivity contribution is 6.31. The van der Waals surface area contributed by atoms with Gasteiger partial charge >= 0.3 is 0 Å². The fourth-order valence-corrected chi connectivity index (χ4v) is 3.95. The van der Waals surface area contributed by atoms with Crippen LogP contribution in [-0.4, -0.2) is 9.97 Å². The molecular formula is C13H13ClN2. The summed E-state index contributed by atoms with van der Waals surface area (Å²) in [6.07, 6.45) is 3.90. The van der Waals surface area contributed by atoms with E-state index in [-0.39, 0.29) is 0 Å². The van der Waals surface area contributed by atoms with Crippen LogP contribution >= 0.6 is 11.6 Å². The standard InChI is InChI=1S/C13H13ClN2/c1-12-5-13(6-12,7-12)11-15-9-3-2-8(14)4-10(9)16-11/h2-4H,5-7H2,1H3,(H,15,16). The largest absolute Gasteiger partial charge is 0.341 e. The lowest BCUT2D eigenvalue weighted by atomic mass is 9.36. The van der Waals surface area contributed by atoms with E-state index in [0.717, 1.165) is 16.1 Å². The van der Waals surface area contributed by atoms with Crippen LogP contribution in [-0.2, 0) is 5.41 Å². The summed E-state index contributed by atoms with van der Waals surface area (Å²) >= 11 is 5.97. The van der Waals surface area contributed by atoms with Crippen LogP contribution in [0.25, 0.3) is 11.0 Å². The first kappa shape index (κ1) is 9.06. The third-order valence-electron chi connectivity index (χ3n) is 4.24. The van der Waals surface area contributed by atoms with Crippen LogP contribution in [0.2, 0.25) is 5.02 Å². The Morgan fingerprint density at radius 3 is 2.75 bits per heavy atom. The third-order valence-corrected chi connectivity index (χ3v) is 4.48. The van der Waals surface area contributed by atoms with Crippen LogP contribution in [0.1, 0.15) is 32.0 Å². The second-order valence-corrected chi connectivity index (χ2v) is 6.30. The minimum atomic E-state index is 0.375. The Labute approximate surface area is 99.0 Å². The summed E-state index contributed by atoms with van der Waals surface area (Å²) in [5, 5.41) is 0.771. The molecule has 3 saturated carbocycles. The van der Waals surface area contributed by atoms with Crippen LogP contribution in [0, 0.1) is 5.41 Å². The van der Waals surface area contributed by atoms with Crippen molar-refractivity contribution >= 4 is 22.6 Å². The van der Waals surface area contributed by atoms with Gasteiger partial charge in [0.2, 0.25) is 0 Å². The molecule has 5 rings (SSSR count). The zero-order chi connectivity index (χ0) is 11.0. The Morgan fingerprint density at radius 2 is 2.06 bits per heavy atom. The summed E-state index contributed by atoms with van der Waals surface area (Å²) in [6.45, 7) is 2.37. The first-order valence-electron chi connectivity index (χ1n) is 5.75. The zero-order valence-electron chi connectivity index (χ0n) is 9.18. The quantitative estimate of drug-likeness (QED) is 0.799. The van der Waals surface area contributed by atoms with E-state index in [2.05, 4.69) is 11.9 Å². The minimum Gasteiger partial charge on any atom is -0.341 e. The lowest BCUT2D eigenvalue weighted by Gasteiger charge is -2.68. The lowest BCUT2D eigenvalue weighted by molar-refractivity contribution is -0.130. The van der Waals surface area contributed by atoms with Crippen molar-refractivity contribution in [2.75, 3.05) is 0 Å². The molecular weight excluding hydrogens is 220 g/mol. The van der Waals surface area contributed by atoms with Gasteiger partial charge in [-0.15, -0.1) is 0 Å². The normalized spacial score (nSPS) is 35.9. The Kier molecular flexibility index (Phi) is 1.39. The van der Waals surface area contributed by atoms with Gasteiger partial charge in [0, 0.05) is 10.4 Å². The van der Waals surface area contributed by atoms with Crippen molar-refractivity contribution in [2.24, 2.45) is 5.41 Å². The number of imidazole rings is 1. The molecule has 16 heavy (non-hydrogen) atoms. The number of aromatic nitrogens is 2. The van der Waals surface area contributed by atoms with Crippen LogP contribution in [0.5, 0.6) is 0 Å². The van der Waals surface area contributed by atoms with Gasteiger partial charge in [-0.05, 0) is 42.9 Å². The van der Waals surface area contributed by atoms with Gasteiger partial charge in [-0.3, -0.25) is 0 Å². The van der Waals surface area contributed by atoms with E-state index in [9.17, 15) is 0 Å². The molecule has 3 heteroatoms. The molecule has 1 N–H and O–H groups in total. The maximum absolute atomic E-state index is 5.97. The van der Waals surface area contributed by atoms with Crippen molar-refractivity contribution in [3.63, 3.8) is 0 Å². The van der Waals surface area contributed by atoms with E-state index in [1.165, 1.54) is 25.1 Å². The average Bonchev–Trinajstić information content (AvgIpc) is 2.53. The lowest BCUT2D eigenvalue weighted by Crippen LogP contribution is -2.63. The van der Waals surface area contributed by atoms with E-state index in [1.807, 2.05) is 18.2 Å². The summed E-state index contributed by atoms with van der Waals surface area (Å²) in [5.41, 5.74) is 3.10. The number of rotatable bonds is 1. The highest BCUT2D eigenvalue weighted by atomic mass is 35.5. The number of nitrogens with zero attached hydrogens (tertiary/aromatic N) is 1. The molecule has 0 amide bonds. The third kappa shape index (κ3) is 0.963. The Hall–Kier alpha value is -1.02. The second-order valence-electron chi connectivity index (χ2n) is 5.87. The van der Waals surface area contributed by atoms with Crippen molar-refractivity contribution in [1.82, 2.24) is 9.97 Å². The monoisotopic (exact) mass is 232 g/mol. The highest BCUT2D eigenvalue weighted by Crippen LogP contribution is 2.72. The predicted octanol–water partition coefficient (Wildman–Crippen LogP) is 3.66. The van der Waals surface area contributed by atoms with Crippen molar-refractivity contribution < 1.29 is 0 Å². The number of H-pyrrole nitrogens is 1. The van der Waals surface area contributed by atoms with Crippen LogP contribution in [0.3, 0.4) is 0 Å². The van der Waals surface area contributed by atoms with Gasteiger partial charge in [-0.2, -0.15) is 0 Å². The molecule has 1 heterocycles. The SMILES string of the molecule is CC12CC(c3nc4ccc(Cl)cc4[nH]3)(C1)C2. The second kappa shape index (κ2) is 2.45. The number of hydrogen-bond donors (Lipinski definition) is 1. The molecule has 2 nitrogen and oxygen atoms in total.